The highest BCUT2D eigenvalue weighted by atomic mass is 19.4. The van der Waals surface area contributed by atoms with Gasteiger partial charge in [-0.2, -0.15) is 13.2 Å². The zero-order valence-electron chi connectivity index (χ0n) is 11.2. The van der Waals surface area contributed by atoms with E-state index in [4.69, 9.17) is 5.84 Å². The van der Waals surface area contributed by atoms with Crippen LogP contribution in [0.25, 0.3) is 0 Å². The van der Waals surface area contributed by atoms with Crippen molar-refractivity contribution in [1.29, 1.82) is 0 Å². The summed E-state index contributed by atoms with van der Waals surface area (Å²) in [6.45, 7) is 1.89. The first-order valence-corrected chi connectivity index (χ1v) is 6.21. The molecule has 1 heterocycles. The van der Waals surface area contributed by atoms with Crippen molar-refractivity contribution in [2.75, 3.05) is 10.7 Å². The minimum absolute atomic E-state index is 0.427. The van der Waals surface area contributed by atoms with E-state index in [0.29, 0.717) is 29.6 Å². The number of aromatic nitrogens is 2. The molecule has 0 aliphatic carbocycles. The molecular formula is C13H14F3N5. The lowest BCUT2D eigenvalue weighted by molar-refractivity contribution is -0.137. The van der Waals surface area contributed by atoms with Gasteiger partial charge in [0, 0.05) is 18.2 Å². The Kier molecular flexibility index (Phi) is 4.27. The second kappa shape index (κ2) is 5.96. The normalized spacial score (nSPS) is 11.3. The maximum absolute atomic E-state index is 12.5. The molecule has 0 saturated carbocycles. The molecule has 0 unspecified atom stereocenters. The number of aryl methyl sites for hydroxylation is 1. The summed E-state index contributed by atoms with van der Waals surface area (Å²) in [6, 6.07) is 6.26. The number of nitrogens with zero attached hydrogens (tertiary/aromatic N) is 2. The van der Waals surface area contributed by atoms with Crippen LogP contribution in [0, 0.1) is 0 Å². The van der Waals surface area contributed by atoms with E-state index in [1.54, 1.807) is 6.07 Å². The first-order valence-electron chi connectivity index (χ1n) is 6.21. The molecule has 0 amide bonds. The molecule has 21 heavy (non-hydrogen) atoms. The number of anilines is 3. The summed E-state index contributed by atoms with van der Waals surface area (Å²) in [6.07, 6.45) is -3.74. The zero-order chi connectivity index (χ0) is 15.5. The quantitative estimate of drug-likeness (QED) is 0.597. The van der Waals surface area contributed by atoms with Gasteiger partial charge in [0.15, 0.2) is 0 Å². The van der Waals surface area contributed by atoms with Gasteiger partial charge in [-0.05, 0) is 24.3 Å². The third kappa shape index (κ3) is 3.82. The molecular weight excluding hydrogens is 283 g/mol. The number of nitrogens with one attached hydrogen (secondary N) is 2. The Labute approximate surface area is 119 Å². The second-order valence-electron chi connectivity index (χ2n) is 4.25. The van der Waals surface area contributed by atoms with Crippen molar-refractivity contribution in [1.82, 2.24) is 9.97 Å². The molecule has 0 aliphatic heterocycles. The lowest BCUT2D eigenvalue weighted by Crippen LogP contribution is -2.11. The molecule has 0 bridgehead atoms. The van der Waals surface area contributed by atoms with E-state index in [9.17, 15) is 13.2 Å². The van der Waals surface area contributed by atoms with Gasteiger partial charge in [-0.25, -0.2) is 15.8 Å². The Morgan fingerprint density at radius 3 is 2.24 bits per heavy atom. The minimum atomic E-state index is -4.35. The van der Waals surface area contributed by atoms with Gasteiger partial charge in [-0.3, -0.25) is 0 Å². The van der Waals surface area contributed by atoms with Crippen molar-refractivity contribution in [3.05, 3.63) is 41.7 Å². The molecule has 0 aliphatic rings. The van der Waals surface area contributed by atoms with Gasteiger partial charge in [0.1, 0.15) is 17.5 Å². The van der Waals surface area contributed by atoms with Crippen LogP contribution in [0.5, 0.6) is 0 Å². The molecule has 112 valence electrons. The fraction of sp³-hybridized carbons (Fsp3) is 0.231. The number of hydrogen-bond acceptors (Lipinski definition) is 5. The number of hydrogen-bond donors (Lipinski definition) is 3. The van der Waals surface area contributed by atoms with Crippen LogP contribution >= 0.6 is 0 Å². The third-order valence-electron chi connectivity index (χ3n) is 2.72. The van der Waals surface area contributed by atoms with Crippen LogP contribution < -0.4 is 16.6 Å². The predicted molar refractivity (Wildman–Crippen MR) is 73.9 cm³/mol. The highest BCUT2D eigenvalue weighted by molar-refractivity contribution is 5.59. The van der Waals surface area contributed by atoms with Gasteiger partial charge in [-0.1, -0.05) is 6.92 Å². The Morgan fingerprint density at radius 2 is 1.71 bits per heavy atom. The number of benzene rings is 1. The van der Waals surface area contributed by atoms with Gasteiger partial charge in [-0.15, -0.1) is 0 Å². The van der Waals surface area contributed by atoms with Crippen LogP contribution in [0.2, 0.25) is 0 Å². The van der Waals surface area contributed by atoms with Gasteiger partial charge in [0.2, 0.25) is 0 Å². The van der Waals surface area contributed by atoms with Gasteiger partial charge in [0.25, 0.3) is 0 Å². The monoisotopic (exact) mass is 297 g/mol. The summed E-state index contributed by atoms with van der Waals surface area (Å²) in [5.74, 6) is 6.76. The van der Waals surface area contributed by atoms with Gasteiger partial charge < -0.3 is 10.7 Å². The van der Waals surface area contributed by atoms with Crippen LogP contribution in [0.4, 0.5) is 30.5 Å². The lowest BCUT2D eigenvalue weighted by atomic mass is 10.2. The Hall–Kier alpha value is -2.35. The maximum Gasteiger partial charge on any atom is 0.416 e. The molecule has 1 aromatic carbocycles. The zero-order valence-corrected chi connectivity index (χ0v) is 11.2. The van der Waals surface area contributed by atoms with Crippen molar-refractivity contribution < 1.29 is 13.2 Å². The fourth-order valence-electron chi connectivity index (χ4n) is 1.68. The van der Waals surface area contributed by atoms with E-state index >= 15 is 0 Å². The summed E-state index contributed by atoms with van der Waals surface area (Å²) < 4.78 is 37.4. The van der Waals surface area contributed by atoms with E-state index in [1.807, 2.05) is 6.92 Å². The van der Waals surface area contributed by atoms with Crippen molar-refractivity contribution in [3.63, 3.8) is 0 Å². The molecule has 5 nitrogen and oxygen atoms in total. The standard InChI is InChI=1S/C13H14F3N5/c1-2-10-19-11(7-12(20-10)21-17)18-9-5-3-8(4-6-9)13(14,15)16/h3-7H,2,17H2,1H3,(H2,18,19,20,21). The number of alkyl halides is 3. The molecule has 2 rings (SSSR count). The van der Waals surface area contributed by atoms with Crippen LogP contribution in [0.3, 0.4) is 0 Å². The summed E-state index contributed by atoms with van der Waals surface area (Å²) in [5, 5.41) is 2.92. The number of nitrogens with two attached hydrogens (primary N) is 1. The summed E-state index contributed by atoms with van der Waals surface area (Å²) in [5.41, 5.74) is 2.21. The average molecular weight is 297 g/mol. The smallest absolute Gasteiger partial charge is 0.340 e. The van der Waals surface area contributed by atoms with E-state index in [2.05, 4.69) is 20.7 Å². The third-order valence-corrected chi connectivity index (χ3v) is 2.72. The molecule has 8 heteroatoms. The van der Waals surface area contributed by atoms with Crippen LogP contribution in [0.15, 0.2) is 30.3 Å². The number of hydrazine groups is 1. The number of nitrogen functional groups attached to an aromatic ring is 1. The highest BCUT2D eigenvalue weighted by Gasteiger charge is 2.29. The van der Waals surface area contributed by atoms with Gasteiger partial charge in [0.05, 0.1) is 5.56 Å². The molecule has 0 radical (unpaired) electrons. The Balaban J connectivity index is 2.22. The first kappa shape index (κ1) is 15.0. The molecule has 0 saturated heterocycles. The van der Waals surface area contributed by atoms with E-state index in [-0.39, 0.29) is 0 Å². The average Bonchev–Trinajstić information content (AvgIpc) is 2.46. The maximum atomic E-state index is 12.5. The minimum Gasteiger partial charge on any atom is -0.340 e. The molecule has 4 N–H and O–H groups in total. The largest absolute Gasteiger partial charge is 0.416 e. The summed E-state index contributed by atoms with van der Waals surface area (Å²) >= 11 is 0. The highest BCUT2D eigenvalue weighted by Crippen LogP contribution is 2.30. The summed E-state index contributed by atoms with van der Waals surface area (Å²) in [7, 11) is 0. The van der Waals surface area contributed by atoms with Crippen molar-refractivity contribution >= 4 is 17.3 Å². The number of rotatable bonds is 4. The van der Waals surface area contributed by atoms with E-state index in [1.165, 1.54) is 12.1 Å². The molecule has 1 aromatic heterocycles. The molecule has 2 aromatic rings. The predicted octanol–water partition coefficient (Wildman–Crippen LogP) is 3.09. The molecule has 0 fully saturated rings. The van der Waals surface area contributed by atoms with Crippen molar-refractivity contribution in [3.8, 4) is 0 Å². The summed E-state index contributed by atoms with van der Waals surface area (Å²) in [4.78, 5) is 8.35. The van der Waals surface area contributed by atoms with Crippen LogP contribution in [0.1, 0.15) is 18.3 Å². The number of halogens is 3. The molecule has 0 atom stereocenters. The Bertz CT molecular complexity index is 588. The fourth-order valence-corrected chi connectivity index (χ4v) is 1.68. The van der Waals surface area contributed by atoms with Gasteiger partial charge >= 0.3 is 6.18 Å². The van der Waals surface area contributed by atoms with Crippen LogP contribution in [-0.2, 0) is 12.6 Å². The SMILES string of the molecule is CCc1nc(NN)cc(Nc2ccc(C(F)(F)F)cc2)n1. The first-order chi connectivity index (χ1) is 9.92. The topological polar surface area (TPSA) is 75.9 Å². The van der Waals surface area contributed by atoms with Crippen molar-refractivity contribution in [2.24, 2.45) is 5.84 Å². The van der Waals surface area contributed by atoms with E-state index < -0.39 is 11.7 Å². The lowest BCUT2D eigenvalue weighted by Gasteiger charge is -2.10. The van der Waals surface area contributed by atoms with Crippen molar-refractivity contribution in [2.45, 2.75) is 19.5 Å². The van der Waals surface area contributed by atoms with Crippen LogP contribution in [-0.4, -0.2) is 9.97 Å². The Morgan fingerprint density at radius 1 is 1.10 bits per heavy atom. The second-order valence-corrected chi connectivity index (χ2v) is 4.25. The van der Waals surface area contributed by atoms with E-state index in [0.717, 1.165) is 12.1 Å². The molecule has 0 spiro atoms.